The molecule has 11 nitrogen and oxygen atoms in total. The number of carbonyl (C=O) groups is 4. The standard InChI is InChI=1S/C18H26N4O7S/c1-9(20-17(27)14(8-30)22-16(26)12(19)7-23)15(25)21-13(18(28)29)6-10-2-4-11(24)5-3-10/h2-5,9,12-14,23-24,30H,6-8,19H2,1H3,(H,20,27)(H,21,25)(H,22,26)(H,28,29). The Morgan fingerprint density at radius 3 is 2.07 bits per heavy atom. The highest BCUT2D eigenvalue weighted by atomic mass is 32.1. The van der Waals surface area contributed by atoms with Crippen LogP contribution in [-0.2, 0) is 25.6 Å². The molecular formula is C18H26N4O7S. The number of aliphatic hydroxyl groups excluding tert-OH is 1. The molecule has 0 aliphatic rings. The Bertz CT molecular complexity index is 759. The van der Waals surface area contributed by atoms with Crippen LogP contribution in [0.25, 0.3) is 0 Å². The minimum Gasteiger partial charge on any atom is -0.508 e. The average molecular weight is 442 g/mol. The van der Waals surface area contributed by atoms with Gasteiger partial charge in [0.25, 0.3) is 0 Å². The number of thiol groups is 1. The van der Waals surface area contributed by atoms with Gasteiger partial charge in [0.1, 0.15) is 29.9 Å². The van der Waals surface area contributed by atoms with Gasteiger partial charge in [-0.05, 0) is 24.6 Å². The predicted molar refractivity (Wildman–Crippen MR) is 110 cm³/mol. The molecular weight excluding hydrogens is 416 g/mol. The van der Waals surface area contributed by atoms with Crippen LogP contribution in [0.15, 0.2) is 24.3 Å². The lowest BCUT2D eigenvalue weighted by atomic mass is 10.1. The second-order valence-corrected chi connectivity index (χ2v) is 6.90. The highest BCUT2D eigenvalue weighted by molar-refractivity contribution is 7.80. The summed E-state index contributed by atoms with van der Waals surface area (Å²) < 4.78 is 0. The second-order valence-electron chi connectivity index (χ2n) is 6.53. The highest BCUT2D eigenvalue weighted by Crippen LogP contribution is 2.11. The van der Waals surface area contributed by atoms with Crippen LogP contribution in [0.4, 0.5) is 0 Å². The number of rotatable bonds is 11. The van der Waals surface area contributed by atoms with Gasteiger partial charge in [-0.15, -0.1) is 0 Å². The van der Waals surface area contributed by atoms with Crippen molar-refractivity contribution in [1.29, 1.82) is 0 Å². The van der Waals surface area contributed by atoms with Gasteiger partial charge >= 0.3 is 5.97 Å². The van der Waals surface area contributed by atoms with Crippen molar-refractivity contribution < 1.29 is 34.5 Å². The van der Waals surface area contributed by atoms with Gasteiger partial charge in [0, 0.05) is 12.2 Å². The molecule has 12 heteroatoms. The Morgan fingerprint density at radius 2 is 1.57 bits per heavy atom. The van der Waals surface area contributed by atoms with E-state index in [4.69, 9.17) is 10.8 Å². The van der Waals surface area contributed by atoms with E-state index in [0.29, 0.717) is 5.56 Å². The van der Waals surface area contributed by atoms with Crippen molar-refractivity contribution in [3.05, 3.63) is 29.8 Å². The third kappa shape index (κ3) is 7.89. The van der Waals surface area contributed by atoms with Crippen molar-refractivity contribution in [2.24, 2.45) is 5.73 Å². The summed E-state index contributed by atoms with van der Waals surface area (Å²) in [4.78, 5) is 47.8. The van der Waals surface area contributed by atoms with E-state index in [1.165, 1.54) is 31.2 Å². The summed E-state index contributed by atoms with van der Waals surface area (Å²) in [7, 11) is 0. The van der Waals surface area contributed by atoms with Gasteiger partial charge in [-0.3, -0.25) is 14.4 Å². The number of carboxylic acid groups (broad SMARTS) is 1. The first-order chi connectivity index (χ1) is 14.1. The zero-order valence-electron chi connectivity index (χ0n) is 16.2. The SMILES string of the molecule is CC(NC(=O)C(CS)NC(=O)C(N)CO)C(=O)NC(Cc1ccc(O)cc1)C(=O)O. The Hall–Kier alpha value is -2.83. The molecule has 1 aromatic carbocycles. The molecule has 0 bridgehead atoms. The Balaban J connectivity index is 2.69. The molecule has 1 rings (SSSR count). The molecule has 0 saturated heterocycles. The Kier molecular flexibility index (Phi) is 10.1. The number of phenolic OH excluding ortho intramolecular Hbond substituents is 1. The summed E-state index contributed by atoms with van der Waals surface area (Å²) in [5, 5.41) is 34.5. The number of hydrogen-bond donors (Lipinski definition) is 8. The van der Waals surface area contributed by atoms with Crippen molar-refractivity contribution in [3.63, 3.8) is 0 Å². The van der Waals surface area contributed by atoms with E-state index in [1.54, 1.807) is 0 Å². The molecule has 0 aliphatic heterocycles. The van der Waals surface area contributed by atoms with E-state index >= 15 is 0 Å². The molecule has 0 saturated carbocycles. The number of hydrogen-bond acceptors (Lipinski definition) is 8. The number of carboxylic acids is 1. The molecule has 0 fully saturated rings. The summed E-state index contributed by atoms with van der Waals surface area (Å²) in [6.45, 7) is 0.743. The average Bonchev–Trinajstić information content (AvgIpc) is 2.71. The summed E-state index contributed by atoms with van der Waals surface area (Å²) in [5.41, 5.74) is 5.95. The molecule has 4 unspecified atom stereocenters. The van der Waals surface area contributed by atoms with E-state index in [2.05, 4.69) is 28.6 Å². The number of nitrogens with one attached hydrogen (secondary N) is 3. The van der Waals surface area contributed by atoms with E-state index in [9.17, 15) is 29.4 Å². The highest BCUT2D eigenvalue weighted by Gasteiger charge is 2.27. The predicted octanol–water partition coefficient (Wildman–Crippen LogP) is -2.26. The van der Waals surface area contributed by atoms with Crippen molar-refractivity contribution in [1.82, 2.24) is 16.0 Å². The number of nitrogens with two attached hydrogens (primary N) is 1. The van der Waals surface area contributed by atoms with Crippen molar-refractivity contribution in [2.75, 3.05) is 12.4 Å². The number of phenols is 1. The van der Waals surface area contributed by atoms with Gasteiger partial charge < -0.3 is 37.0 Å². The van der Waals surface area contributed by atoms with Crippen LogP contribution >= 0.6 is 12.6 Å². The molecule has 0 aromatic heterocycles. The van der Waals surface area contributed by atoms with Crippen LogP contribution in [-0.4, -0.2) is 75.5 Å². The van der Waals surface area contributed by atoms with Gasteiger partial charge in [0.2, 0.25) is 17.7 Å². The minimum atomic E-state index is -1.27. The maximum absolute atomic E-state index is 12.3. The zero-order valence-corrected chi connectivity index (χ0v) is 17.1. The van der Waals surface area contributed by atoms with Gasteiger partial charge in [-0.2, -0.15) is 12.6 Å². The van der Waals surface area contributed by atoms with Crippen LogP contribution in [0.3, 0.4) is 0 Å². The molecule has 3 amide bonds. The third-order valence-corrected chi connectivity index (χ3v) is 4.46. The number of aromatic hydroxyl groups is 1. The Morgan fingerprint density at radius 1 is 1.00 bits per heavy atom. The number of carbonyl (C=O) groups excluding carboxylic acids is 3. The smallest absolute Gasteiger partial charge is 0.326 e. The van der Waals surface area contributed by atoms with Gasteiger partial charge in [0.05, 0.1) is 6.61 Å². The van der Waals surface area contributed by atoms with Crippen LogP contribution in [0, 0.1) is 0 Å². The summed E-state index contributed by atoms with van der Waals surface area (Å²) in [6.07, 6.45) is -0.0314. The third-order valence-electron chi connectivity index (χ3n) is 4.09. The van der Waals surface area contributed by atoms with Gasteiger partial charge in [-0.1, -0.05) is 12.1 Å². The monoisotopic (exact) mass is 442 g/mol. The maximum Gasteiger partial charge on any atom is 0.326 e. The fourth-order valence-electron chi connectivity index (χ4n) is 2.30. The number of aliphatic hydroxyl groups is 1. The normalized spacial score (nSPS) is 14.7. The van der Waals surface area contributed by atoms with Gasteiger partial charge in [-0.25, -0.2) is 4.79 Å². The van der Waals surface area contributed by atoms with E-state index in [0.717, 1.165) is 0 Å². The van der Waals surface area contributed by atoms with Gasteiger partial charge in [0.15, 0.2) is 0 Å². The van der Waals surface area contributed by atoms with E-state index < -0.39 is 54.5 Å². The lowest BCUT2D eigenvalue weighted by molar-refractivity contribution is -0.142. The molecule has 0 radical (unpaired) electrons. The molecule has 0 aliphatic carbocycles. The molecule has 1 aromatic rings. The first-order valence-electron chi connectivity index (χ1n) is 8.98. The number of benzene rings is 1. The molecule has 0 spiro atoms. The minimum absolute atomic E-state index is 0.0248. The fourth-order valence-corrected chi connectivity index (χ4v) is 2.56. The molecule has 8 N–H and O–H groups in total. The Labute approximate surface area is 178 Å². The summed E-state index contributed by atoms with van der Waals surface area (Å²) >= 11 is 3.97. The maximum atomic E-state index is 12.3. The van der Waals surface area contributed by atoms with Crippen LogP contribution < -0.4 is 21.7 Å². The zero-order chi connectivity index (χ0) is 22.8. The number of aliphatic carboxylic acids is 1. The summed E-state index contributed by atoms with van der Waals surface area (Å²) in [5.74, 6) is -3.57. The number of amides is 3. The molecule has 4 atom stereocenters. The second kappa shape index (κ2) is 12.0. The largest absolute Gasteiger partial charge is 0.508 e. The molecule has 0 heterocycles. The van der Waals surface area contributed by atoms with Crippen molar-refractivity contribution >= 4 is 36.3 Å². The van der Waals surface area contributed by atoms with Crippen LogP contribution in [0.2, 0.25) is 0 Å². The van der Waals surface area contributed by atoms with Crippen LogP contribution in [0.5, 0.6) is 5.75 Å². The first-order valence-corrected chi connectivity index (χ1v) is 9.61. The lowest BCUT2D eigenvalue weighted by Gasteiger charge is -2.22. The molecule has 30 heavy (non-hydrogen) atoms. The van der Waals surface area contributed by atoms with Crippen molar-refractivity contribution in [3.8, 4) is 5.75 Å². The first kappa shape index (κ1) is 25.2. The van der Waals surface area contributed by atoms with Crippen LogP contribution in [0.1, 0.15) is 12.5 Å². The van der Waals surface area contributed by atoms with E-state index in [-0.39, 0.29) is 17.9 Å². The van der Waals surface area contributed by atoms with E-state index in [1.807, 2.05) is 0 Å². The lowest BCUT2D eigenvalue weighted by Crippen LogP contribution is -2.57. The molecule has 166 valence electrons. The summed E-state index contributed by atoms with van der Waals surface area (Å²) in [6, 6.07) is 1.16. The quantitative estimate of drug-likeness (QED) is 0.176. The topological polar surface area (TPSA) is 191 Å². The van der Waals surface area contributed by atoms with Crippen molar-refractivity contribution in [2.45, 2.75) is 37.5 Å². The fraction of sp³-hybridized carbons (Fsp3) is 0.444.